The molecule has 1 aromatic heterocycles. The second kappa shape index (κ2) is 6.48. The Balaban J connectivity index is 1.65. The van der Waals surface area contributed by atoms with Gasteiger partial charge in [-0.1, -0.05) is 0 Å². The van der Waals surface area contributed by atoms with Crippen molar-refractivity contribution in [1.29, 1.82) is 0 Å². The summed E-state index contributed by atoms with van der Waals surface area (Å²) >= 11 is 1.65. The van der Waals surface area contributed by atoms with Crippen LogP contribution < -0.4 is 0 Å². The first kappa shape index (κ1) is 14.5. The summed E-state index contributed by atoms with van der Waals surface area (Å²) in [7, 11) is 1.78. The van der Waals surface area contributed by atoms with Crippen molar-refractivity contribution < 1.29 is 9.90 Å². The number of amides is 1. The largest absolute Gasteiger partial charge is 0.391 e. The number of thiazole rings is 1. The highest BCUT2D eigenvalue weighted by Crippen LogP contribution is 2.32. The number of aliphatic hydroxyl groups is 1. The minimum absolute atomic E-state index is 0.117. The lowest BCUT2D eigenvalue weighted by Crippen LogP contribution is -2.35. The van der Waals surface area contributed by atoms with E-state index in [2.05, 4.69) is 10.4 Å². The first-order valence-electron chi connectivity index (χ1n) is 6.89. The molecule has 1 aromatic rings. The molecular formula is C14H22N2O2S. The minimum atomic E-state index is -0.338. The zero-order chi connectivity index (χ0) is 13.8. The van der Waals surface area contributed by atoms with Crippen molar-refractivity contribution in [2.24, 2.45) is 5.92 Å². The van der Waals surface area contributed by atoms with E-state index in [1.54, 1.807) is 23.3 Å². The van der Waals surface area contributed by atoms with Gasteiger partial charge in [0.15, 0.2) is 0 Å². The zero-order valence-corrected chi connectivity index (χ0v) is 12.4. The number of hydrogen-bond acceptors (Lipinski definition) is 4. The van der Waals surface area contributed by atoms with Crippen molar-refractivity contribution in [2.75, 3.05) is 13.6 Å². The fourth-order valence-electron chi connectivity index (χ4n) is 2.15. The highest BCUT2D eigenvalue weighted by molar-refractivity contribution is 7.09. The van der Waals surface area contributed by atoms with Crippen LogP contribution >= 0.6 is 11.3 Å². The van der Waals surface area contributed by atoms with Gasteiger partial charge in [0.2, 0.25) is 5.91 Å². The monoisotopic (exact) mass is 282 g/mol. The summed E-state index contributed by atoms with van der Waals surface area (Å²) in [6.45, 7) is 2.46. The molecule has 1 heterocycles. The molecule has 4 nitrogen and oxygen atoms in total. The van der Waals surface area contributed by atoms with Gasteiger partial charge in [0, 0.05) is 25.4 Å². The highest BCUT2D eigenvalue weighted by atomic mass is 32.1. The standard InChI is InChI=1S/C14H22N2O2S/c1-10-15-12(9-19-10)4-3-5-14(18)16(2)8-13(17)11-6-7-11/h9,11,13,17H,3-8H2,1-2H3. The van der Waals surface area contributed by atoms with Gasteiger partial charge < -0.3 is 10.0 Å². The summed E-state index contributed by atoms with van der Waals surface area (Å²) in [6, 6.07) is 0. The van der Waals surface area contributed by atoms with Crippen molar-refractivity contribution in [3.8, 4) is 0 Å². The number of likely N-dealkylation sites (N-methyl/N-ethyl adjacent to an activating group) is 1. The molecule has 1 fully saturated rings. The van der Waals surface area contributed by atoms with Gasteiger partial charge in [-0.3, -0.25) is 4.79 Å². The molecule has 106 valence electrons. The van der Waals surface area contributed by atoms with Gasteiger partial charge in [-0.25, -0.2) is 4.98 Å². The number of hydrogen-bond donors (Lipinski definition) is 1. The maximum Gasteiger partial charge on any atom is 0.222 e. The molecule has 1 unspecified atom stereocenters. The van der Waals surface area contributed by atoms with Crippen molar-refractivity contribution in [2.45, 2.75) is 45.1 Å². The third-order valence-electron chi connectivity index (χ3n) is 3.54. The molecule has 5 heteroatoms. The molecule has 0 aromatic carbocycles. The topological polar surface area (TPSA) is 53.4 Å². The Morgan fingerprint density at radius 2 is 2.37 bits per heavy atom. The average Bonchev–Trinajstić information content (AvgIpc) is 3.13. The highest BCUT2D eigenvalue weighted by Gasteiger charge is 2.30. The van der Waals surface area contributed by atoms with Crippen LogP contribution in [0, 0.1) is 12.8 Å². The van der Waals surface area contributed by atoms with Crippen LogP contribution in [-0.4, -0.2) is 40.6 Å². The summed E-state index contributed by atoms with van der Waals surface area (Å²) in [5.74, 6) is 0.542. The van der Waals surface area contributed by atoms with Gasteiger partial charge in [0.1, 0.15) is 0 Å². The predicted molar refractivity (Wildman–Crippen MR) is 76.2 cm³/mol. The van der Waals surface area contributed by atoms with Crippen molar-refractivity contribution >= 4 is 17.2 Å². The van der Waals surface area contributed by atoms with Gasteiger partial charge in [0.25, 0.3) is 0 Å². The maximum atomic E-state index is 11.9. The molecule has 0 saturated heterocycles. The zero-order valence-electron chi connectivity index (χ0n) is 11.6. The van der Waals surface area contributed by atoms with E-state index in [1.807, 2.05) is 6.92 Å². The van der Waals surface area contributed by atoms with Crippen molar-refractivity contribution in [1.82, 2.24) is 9.88 Å². The Labute approximate surface area is 118 Å². The average molecular weight is 282 g/mol. The van der Waals surface area contributed by atoms with Crippen molar-refractivity contribution in [3.05, 3.63) is 16.1 Å². The Morgan fingerprint density at radius 3 is 2.95 bits per heavy atom. The quantitative estimate of drug-likeness (QED) is 0.832. The molecule has 2 rings (SSSR count). The van der Waals surface area contributed by atoms with Gasteiger partial charge in [0.05, 0.1) is 16.8 Å². The number of aromatic nitrogens is 1. The van der Waals surface area contributed by atoms with E-state index in [4.69, 9.17) is 0 Å². The molecule has 1 aliphatic carbocycles. The maximum absolute atomic E-state index is 11.9. The van der Waals surface area contributed by atoms with Crippen LogP contribution in [0.1, 0.15) is 36.4 Å². The lowest BCUT2D eigenvalue weighted by atomic mass is 10.1. The molecule has 1 saturated carbocycles. The molecule has 0 aliphatic heterocycles. The molecule has 1 aliphatic rings. The summed E-state index contributed by atoms with van der Waals surface area (Å²) < 4.78 is 0. The van der Waals surface area contributed by atoms with Gasteiger partial charge in [-0.05, 0) is 38.5 Å². The number of nitrogens with zero attached hydrogens (tertiary/aromatic N) is 2. The predicted octanol–water partition coefficient (Wildman–Crippen LogP) is 2.00. The molecule has 1 atom stereocenters. The van der Waals surface area contributed by atoms with Crippen LogP contribution in [0.4, 0.5) is 0 Å². The molecule has 0 spiro atoms. The number of aryl methyl sites for hydroxylation is 2. The van der Waals surface area contributed by atoms with Crippen molar-refractivity contribution in [3.63, 3.8) is 0 Å². The molecule has 1 N–H and O–H groups in total. The fourth-order valence-corrected chi connectivity index (χ4v) is 2.79. The lowest BCUT2D eigenvalue weighted by Gasteiger charge is -2.20. The second-order valence-electron chi connectivity index (χ2n) is 5.39. The van der Waals surface area contributed by atoms with Crippen LogP contribution in [0.3, 0.4) is 0 Å². The minimum Gasteiger partial charge on any atom is -0.391 e. The smallest absolute Gasteiger partial charge is 0.222 e. The molecular weight excluding hydrogens is 260 g/mol. The number of carbonyl (C=O) groups is 1. The summed E-state index contributed by atoms with van der Waals surface area (Å²) in [5.41, 5.74) is 1.08. The Hall–Kier alpha value is -0.940. The number of aliphatic hydroxyl groups excluding tert-OH is 1. The second-order valence-corrected chi connectivity index (χ2v) is 6.45. The van der Waals surface area contributed by atoms with Crippen LogP contribution in [0.5, 0.6) is 0 Å². The summed E-state index contributed by atoms with van der Waals surface area (Å²) in [4.78, 5) is 18.0. The van der Waals surface area contributed by atoms with Gasteiger partial charge in [-0.15, -0.1) is 11.3 Å². The SMILES string of the molecule is Cc1nc(CCCC(=O)N(C)CC(O)C2CC2)cs1. The third-order valence-corrected chi connectivity index (χ3v) is 4.37. The van der Waals surface area contributed by atoms with Crippen LogP contribution in [0.2, 0.25) is 0 Å². The summed E-state index contributed by atoms with van der Waals surface area (Å²) in [5, 5.41) is 12.9. The van der Waals surface area contributed by atoms with E-state index < -0.39 is 0 Å². The first-order chi connectivity index (χ1) is 9.06. The van der Waals surface area contributed by atoms with E-state index in [1.165, 1.54) is 0 Å². The van der Waals surface area contributed by atoms with E-state index >= 15 is 0 Å². The summed E-state index contributed by atoms with van der Waals surface area (Å²) in [6.07, 6.45) is 4.08. The third kappa shape index (κ3) is 4.58. The van der Waals surface area contributed by atoms with E-state index in [0.717, 1.165) is 36.4 Å². The van der Waals surface area contributed by atoms with Crippen LogP contribution in [-0.2, 0) is 11.2 Å². The molecule has 1 amide bonds. The Morgan fingerprint density at radius 1 is 1.63 bits per heavy atom. The first-order valence-corrected chi connectivity index (χ1v) is 7.77. The van der Waals surface area contributed by atoms with Gasteiger partial charge in [-0.2, -0.15) is 0 Å². The number of rotatable bonds is 7. The Bertz CT molecular complexity index is 429. The van der Waals surface area contributed by atoms with Crippen LogP contribution in [0.15, 0.2) is 5.38 Å². The van der Waals surface area contributed by atoms with Crippen LogP contribution in [0.25, 0.3) is 0 Å². The van der Waals surface area contributed by atoms with E-state index in [9.17, 15) is 9.90 Å². The van der Waals surface area contributed by atoms with E-state index in [0.29, 0.717) is 18.9 Å². The molecule has 0 radical (unpaired) electrons. The normalized spacial score (nSPS) is 16.4. The fraction of sp³-hybridized carbons (Fsp3) is 0.714. The van der Waals surface area contributed by atoms with Gasteiger partial charge >= 0.3 is 0 Å². The van der Waals surface area contributed by atoms with E-state index in [-0.39, 0.29) is 12.0 Å². The number of carbonyl (C=O) groups excluding carboxylic acids is 1. The molecule has 19 heavy (non-hydrogen) atoms. The lowest BCUT2D eigenvalue weighted by molar-refractivity contribution is -0.131. The Kier molecular flexibility index (Phi) is 4.93. The molecule has 0 bridgehead atoms.